The van der Waals surface area contributed by atoms with Crippen molar-refractivity contribution in [2.75, 3.05) is 0 Å². The van der Waals surface area contributed by atoms with E-state index in [-0.39, 0.29) is 5.97 Å². The average Bonchev–Trinajstić information content (AvgIpc) is 2.61. The predicted octanol–water partition coefficient (Wildman–Crippen LogP) is 7.07. The number of carbonyl (C=O) groups excluding carboxylic acids is 1. The van der Waals surface area contributed by atoms with E-state index in [1.54, 1.807) is 0 Å². The number of benzene rings is 3. The lowest BCUT2D eigenvalue weighted by atomic mass is 9.95. The lowest BCUT2D eigenvalue weighted by molar-refractivity contribution is 0.0733. The number of hydrogen-bond donors (Lipinski definition) is 0. The van der Waals surface area contributed by atoms with E-state index >= 15 is 0 Å². The number of hydrogen-bond acceptors (Lipinski definition) is 2. The van der Waals surface area contributed by atoms with Crippen molar-refractivity contribution in [1.29, 1.82) is 0 Å². The van der Waals surface area contributed by atoms with Gasteiger partial charge in [0.15, 0.2) is 0 Å². The minimum absolute atomic E-state index is 0.349. The summed E-state index contributed by atoms with van der Waals surface area (Å²) in [5, 5.41) is 2.08. The normalized spacial score (nSPS) is 11.3. The molecule has 0 aliphatic carbocycles. The van der Waals surface area contributed by atoms with Gasteiger partial charge in [-0.15, -0.1) is 0 Å². The van der Waals surface area contributed by atoms with Gasteiger partial charge in [0.05, 0.1) is 5.56 Å². The molecule has 3 rings (SSSR count). The van der Waals surface area contributed by atoms with E-state index in [1.165, 1.54) is 11.1 Å². The van der Waals surface area contributed by atoms with Crippen molar-refractivity contribution in [2.45, 2.75) is 39.5 Å². The van der Waals surface area contributed by atoms with E-state index in [1.807, 2.05) is 48.5 Å². The number of ether oxygens (including phenoxy) is 1. The van der Waals surface area contributed by atoms with Crippen LogP contribution in [-0.2, 0) is 0 Å². The minimum atomic E-state index is -0.349. The van der Waals surface area contributed by atoms with Crippen LogP contribution < -0.4 is 4.74 Å². The molecule has 2 nitrogen and oxygen atoms in total. The van der Waals surface area contributed by atoms with Gasteiger partial charge < -0.3 is 4.74 Å². The Kier molecular flexibility index (Phi) is 5.47. The first kappa shape index (κ1) is 18.7. The molecule has 0 aliphatic heterocycles. The molecule has 0 aliphatic rings. The summed E-state index contributed by atoms with van der Waals surface area (Å²) in [6.45, 7) is 8.58. The van der Waals surface area contributed by atoms with Gasteiger partial charge in [-0.3, -0.25) is 0 Å². The van der Waals surface area contributed by atoms with Gasteiger partial charge in [0.2, 0.25) is 0 Å². The summed E-state index contributed by atoms with van der Waals surface area (Å²) < 4.78 is 6.51. The second-order valence-electron chi connectivity index (χ2n) is 7.18. The van der Waals surface area contributed by atoms with Crippen molar-refractivity contribution in [2.24, 2.45) is 0 Å². The van der Waals surface area contributed by atoms with Crippen LogP contribution in [0.25, 0.3) is 10.8 Å². The third-order valence-corrected chi connectivity index (χ3v) is 5.43. The fourth-order valence-corrected chi connectivity index (χ4v) is 3.58. The molecule has 3 heteroatoms. The number of halogens is 1. The van der Waals surface area contributed by atoms with Crippen LogP contribution in [0.5, 0.6) is 5.75 Å². The van der Waals surface area contributed by atoms with Crippen molar-refractivity contribution < 1.29 is 9.53 Å². The second-order valence-corrected chi connectivity index (χ2v) is 7.98. The molecular weight excluding hydrogens is 388 g/mol. The highest BCUT2D eigenvalue weighted by atomic mass is 79.9. The Morgan fingerprint density at radius 2 is 1.50 bits per heavy atom. The van der Waals surface area contributed by atoms with Gasteiger partial charge in [-0.05, 0) is 67.9 Å². The van der Waals surface area contributed by atoms with E-state index in [2.05, 4.69) is 49.7 Å². The van der Waals surface area contributed by atoms with Gasteiger partial charge >= 0.3 is 5.97 Å². The minimum Gasteiger partial charge on any atom is -0.423 e. The number of esters is 1. The molecule has 0 saturated heterocycles. The molecule has 0 radical (unpaired) electrons. The Bertz CT molecular complexity index is 931. The van der Waals surface area contributed by atoms with Gasteiger partial charge in [0.1, 0.15) is 5.75 Å². The van der Waals surface area contributed by atoms with Crippen LogP contribution in [-0.4, -0.2) is 5.97 Å². The largest absolute Gasteiger partial charge is 0.423 e. The summed E-state index contributed by atoms with van der Waals surface area (Å²) in [4.78, 5) is 12.8. The van der Waals surface area contributed by atoms with Crippen molar-refractivity contribution >= 4 is 32.7 Å². The maximum atomic E-state index is 12.8. The summed E-state index contributed by atoms with van der Waals surface area (Å²) in [6.07, 6.45) is 0. The Hall–Kier alpha value is -2.13. The zero-order chi connectivity index (χ0) is 18.8. The molecule has 0 N–H and O–H groups in total. The molecule has 0 bridgehead atoms. The lowest BCUT2D eigenvalue weighted by Gasteiger charge is -2.15. The Labute approximate surface area is 163 Å². The van der Waals surface area contributed by atoms with Gasteiger partial charge in [-0.25, -0.2) is 4.79 Å². The highest BCUT2D eigenvalue weighted by Crippen LogP contribution is 2.31. The third kappa shape index (κ3) is 3.83. The third-order valence-electron chi connectivity index (χ3n) is 4.58. The smallest absolute Gasteiger partial charge is 0.344 e. The molecular formula is C23H23BrO2. The molecule has 0 heterocycles. The number of rotatable bonds is 4. The zero-order valence-corrected chi connectivity index (χ0v) is 17.1. The first-order valence-corrected chi connectivity index (χ1v) is 9.70. The van der Waals surface area contributed by atoms with Gasteiger partial charge in [0, 0.05) is 4.47 Å². The average molecular weight is 411 g/mol. The van der Waals surface area contributed by atoms with Crippen LogP contribution in [0.15, 0.2) is 59.1 Å². The van der Waals surface area contributed by atoms with Crippen LogP contribution >= 0.6 is 15.9 Å². The fourth-order valence-electron chi connectivity index (χ4n) is 2.92. The van der Waals surface area contributed by atoms with E-state index in [4.69, 9.17) is 4.74 Å². The molecule has 0 spiro atoms. The standard InChI is InChI=1S/C23H23BrO2/c1-14(2)17-11-18(15(3)4)13-19(12-17)26-23(25)21-10-9-16-7-5-6-8-20(16)22(21)24/h5-15H,1-4H3. The predicted molar refractivity (Wildman–Crippen MR) is 111 cm³/mol. The van der Waals surface area contributed by atoms with Crippen LogP contribution in [0.1, 0.15) is 61.0 Å². The molecule has 3 aromatic rings. The first-order valence-electron chi connectivity index (χ1n) is 8.91. The van der Waals surface area contributed by atoms with E-state index in [9.17, 15) is 4.79 Å². The summed E-state index contributed by atoms with van der Waals surface area (Å²) >= 11 is 3.57. The van der Waals surface area contributed by atoms with Gasteiger partial charge in [-0.1, -0.05) is 64.1 Å². The molecule has 0 saturated carbocycles. The molecule has 134 valence electrons. The van der Waals surface area contributed by atoms with E-state index < -0.39 is 0 Å². The molecule has 0 amide bonds. The van der Waals surface area contributed by atoms with Crippen molar-refractivity contribution in [3.63, 3.8) is 0 Å². The monoisotopic (exact) mass is 410 g/mol. The quantitative estimate of drug-likeness (QED) is 0.339. The molecule has 26 heavy (non-hydrogen) atoms. The van der Waals surface area contributed by atoms with Crippen molar-refractivity contribution in [3.8, 4) is 5.75 Å². The SMILES string of the molecule is CC(C)c1cc(OC(=O)c2ccc3ccccc3c2Br)cc(C(C)C)c1. The number of carbonyl (C=O) groups is 1. The molecule has 3 aromatic carbocycles. The van der Waals surface area contributed by atoms with Gasteiger partial charge in [-0.2, -0.15) is 0 Å². The molecule has 0 atom stereocenters. The topological polar surface area (TPSA) is 26.3 Å². The van der Waals surface area contributed by atoms with Crippen LogP contribution in [0.4, 0.5) is 0 Å². The summed E-state index contributed by atoms with van der Waals surface area (Å²) in [6, 6.07) is 17.8. The summed E-state index contributed by atoms with van der Waals surface area (Å²) in [5.74, 6) is 1.00. The number of fused-ring (bicyclic) bond motifs is 1. The van der Waals surface area contributed by atoms with E-state index in [0.29, 0.717) is 23.1 Å². The maximum Gasteiger partial charge on any atom is 0.344 e. The molecule has 0 aromatic heterocycles. The molecule has 0 unspecified atom stereocenters. The highest BCUT2D eigenvalue weighted by molar-refractivity contribution is 9.10. The Morgan fingerprint density at radius 1 is 0.885 bits per heavy atom. The highest BCUT2D eigenvalue weighted by Gasteiger charge is 2.16. The Balaban J connectivity index is 1.96. The van der Waals surface area contributed by atoms with Crippen LogP contribution in [0.2, 0.25) is 0 Å². The Morgan fingerprint density at radius 3 is 2.12 bits per heavy atom. The van der Waals surface area contributed by atoms with E-state index in [0.717, 1.165) is 15.2 Å². The molecule has 0 fully saturated rings. The van der Waals surface area contributed by atoms with Crippen LogP contribution in [0, 0.1) is 0 Å². The second kappa shape index (κ2) is 7.63. The first-order chi connectivity index (χ1) is 12.4. The summed E-state index contributed by atoms with van der Waals surface area (Å²) in [7, 11) is 0. The summed E-state index contributed by atoms with van der Waals surface area (Å²) in [5.41, 5.74) is 2.89. The van der Waals surface area contributed by atoms with Crippen molar-refractivity contribution in [3.05, 3.63) is 75.8 Å². The zero-order valence-electron chi connectivity index (χ0n) is 15.5. The van der Waals surface area contributed by atoms with Crippen molar-refractivity contribution in [1.82, 2.24) is 0 Å². The lowest BCUT2D eigenvalue weighted by Crippen LogP contribution is -2.10. The van der Waals surface area contributed by atoms with Crippen LogP contribution in [0.3, 0.4) is 0 Å². The fraction of sp³-hybridized carbons (Fsp3) is 0.261. The van der Waals surface area contributed by atoms with Gasteiger partial charge in [0.25, 0.3) is 0 Å². The maximum absolute atomic E-state index is 12.8.